The summed E-state index contributed by atoms with van der Waals surface area (Å²) < 4.78 is 10.1. The van der Waals surface area contributed by atoms with Gasteiger partial charge in [0.05, 0.1) is 7.11 Å². The lowest BCUT2D eigenvalue weighted by Gasteiger charge is -2.29. The first-order chi connectivity index (χ1) is 9.93. The topological polar surface area (TPSA) is 55.8 Å². The third-order valence-corrected chi connectivity index (χ3v) is 3.70. The minimum Gasteiger partial charge on any atom is -0.507 e. The molecule has 1 rings (SSSR count). The SMILES string of the molecule is COC(=O)C(OC)c1cc(C(C)(C)C)c(O)c(C(C)(C)C)c1. The summed E-state index contributed by atoms with van der Waals surface area (Å²) in [7, 11) is 2.81. The van der Waals surface area contributed by atoms with Crippen molar-refractivity contribution in [3.05, 3.63) is 28.8 Å². The van der Waals surface area contributed by atoms with Gasteiger partial charge in [-0.15, -0.1) is 0 Å². The molecule has 1 N–H and O–H groups in total. The van der Waals surface area contributed by atoms with Gasteiger partial charge in [-0.25, -0.2) is 4.79 Å². The van der Waals surface area contributed by atoms with Crippen LogP contribution in [-0.2, 0) is 25.1 Å². The Labute approximate surface area is 133 Å². The largest absolute Gasteiger partial charge is 0.507 e. The molecule has 1 aromatic rings. The highest BCUT2D eigenvalue weighted by Crippen LogP contribution is 2.41. The summed E-state index contributed by atoms with van der Waals surface area (Å²) in [6, 6.07) is 3.66. The summed E-state index contributed by atoms with van der Waals surface area (Å²) in [6.45, 7) is 12.2. The van der Waals surface area contributed by atoms with Crippen LogP contribution in [0.1, 0.15) is 64.3 Å². The van der Waals surface area contributed by atoms with E-state index < -0.39 is 12.1 Å². The van der Waals surface area contributed by atoms with Crippen LogP contribution in [0.2, 0.25) is 0 Å². The fourth-order valence-electron chi connectivity index (χ4n) is 2.43. The monoisotopic (exact) mass is 308 g/mol. The highest BCUT2D eigenvalue weighted by molar-refractivity contribution is 5.77. The number of hydrogen-bond acceptors (Lipinski definition) is 4. The van der Waals surface area contributed by atoms with Crippen LogP contribution in [0.15, 0.2) is 12.1 Å². The molecule has 22 heavy (non-hydrogen) atoms. The summed E-state index contributed by atoms with van der Waals surface area (Å²) in [5.41, 5.74) is 1.77. The Morgan fingerprint density at radius 3 is 1.68 bits per heavy atom. The standard InChI is InChI=1S/C18H28O4/c1-17(2,3)12-9-11(15(21-7)16(20)22-8)10-13(14(12)19)18(4,5)6/h9-10,15,19H,1-8H3. The Bertz CT molecular complexity index is 512. The highest BCUT2D eigenvalue weighted by atomic mass is 16.6. The van der Waals surface area contributed by atoms with Crippen LogP contribution in [0.3, 0.4) is 0 Å². The molecule has 0 aliphatic heterocycles. The zero-order valence-electron chi connectivity index (χ0n) is 14.9. The Balaban J connectivity index is 3.64. The number of carbonyl (C=O) groups excluding carboxylic acids is 1. The normalized spacial score (nSPS) is 13.8. The number of aromatic hydroxyl groups is 1. The van der Waals surface area contributed by atoms with Gasteiger partial charge in [0.25, 0.3) is 0 Å². The quantitative estimate of drug-likeness (QED) is 0.862. The van der Waals surface area contributed by atoms with Crippen molar-refractivity contribution in [1.82, 2.24) is 0 Å². The van der Waals surface area contributed by atoms with Crippen LogP contribution in [0.5, 0.6) is 5.75 Å². The average Bonchev–Trinajstić information content (AvgIpc) is 2.38. The first kappa shape index (κ1) is 18.5. The van der Waals surface area contributed by atoms with E-state index in [1.165, 1.54) is 14.2 Å². The summed E-state index contributed by atoms with van der Waals surface area (Å²) >= 11 is 0. The molecule has 0 spiro atoms. The molecular formula is C18H28O4. The maximum Gasteiger partial charge on any atom is 0.339 e. The highest BCUT2D eigenvalue weighted by Gasteiger charge is 2.30. The molecule has 0 bridgehead atoms. The number of phenols is 1. The molecule has 0 amide bonds. The number of ether oxygens (including phenoxy) is 2. The molecule has 0 aliphatic rings. The van der Waals surface area contributed by atoms with E-state index in [0.717, 1.165) is 11.1 Å². The Morgan fingerprint density at radius 2 is 1.41 bits per heavy atom. The summed E-state index contributed by atoms with van der Waals surface area (Å²) in [4.78, 5) is 11.9. The number of carbonyl (C=O) groups is 1. The third-order valence-electron chi connectivity index (χ3n) is 3.70. The van der Waals surface area contributed by atoms with Crippen LogP contribution in [0.25, 0.3) is 0 Å². The van der Waals surface area contributed by atoms with Crippen molar-refractivity contribution in [3.8, 4) is 5.75 Å². The maximum atomic E-state index is 11.9. The van der Waals surface area contributed by atoms with E-state index in [2.05, 4.69) is 0 Å². The van der Waals surface area contributed by atoms with Gasteiger partial charge in [-0.05, 0) is 39.7 Å². The average molecular weight is 308 g/mol. The van der Waals surface area contributed by atoms with Crippen molar-refractivity contribution in [2.45, 2.75) is 58.5 Å². The fourth-order valence-corrected chi connectivity index (χ4v) is 2.43. The Morgan fingerprint density at radius 1 is 1.00 bits per heavy atom. The summed E-state index contributed by atoms with van der Waals surface area (Å²) in [5.74, 6) is -0.170. The number of benzene rings is 1. The molecule has 1 aromatic carbocycles. The molecule has 0 aliphatic carbocycles. The van der Waals surface area contributed by atoms with Gasteiger partial charge in [-0.2, -0.15) is 0 Å². The second-order valence-corrected chi connectivity index (χ2v) is 7.60. The van der Waals surface area contributed by atoms with E-state index in [0.29, 0.717) is 5.56 Å². The lowest BCUT2D eigenvalue weighted by atomic mass is 9.78. The van der Waals surface area contributed by atoms with Crippen LogP contribution in [0, 0.1) is 0 Å². The van der Waals surface area contributed by atoms with Crippen LogP contribution >= 0.6 is 0 Å². The molecule has 0 heterocycles. The van der Waals surface area contributed by atoms with Gasteiger partial charge >= 0.3 is 5.97 Å². The molecule has 0 fully saturated rings. The predicted molar refractivity (Wildman–Crippen MR) is 87.3 cm³/mol. The minimum atomic E-state index is -0.798. The van der Waals surface area contributed by atoms with Gasteiger partial charge in [0, 0.05) is 7.11 Å². The summed E-state index contributed by atoms with van der Waals surface area (Å²) in [6.07, 6.45) is -0.798. The molecule has 0 aromatic heterocycles. The van der Waals surface area contributed by atoms with Crippen LogP contribution in [-0.4, -0.2) is 25.3 Å². The van der Waals surface area contributed by atoms with E-state index >= 15 is 0 Å². The number of phenolic OH excluding ortho intramolecular Hbond substituents is 1. The van der Waals surface area contributed by atoms with E-state index in [1.54, 1.807) is 0 Å². The number of methoxy groups -OCH3 is 2. The van der Waals surface area contributed by atoms with Crippen molar-refractivity contribution < 1.29 is 19.4 Å². The molecule has 4 nitrogen and oxygen atoms in total. The second kappa shape index (κ2) is 6.29. The first-order valence-electron chi connectivity index (χ1n) is 7.42. The molecule has 4 heteroatoms. The number of esters is 1. The Kier molecular flexibility index (Phi) is 5.29. The van der Waals surface area contributed by atoms with E-state index in [4.69, 9.17) is 9.47 Å². The molecule has 124 valence electrons. The van der Waals surface area contributed by atoms with Gasteiger partial charge in [0.2, 0.25) is 0 Å². The van der Waals surface area contributed by atoms with Crippen molar-refractivity contribution in [2.24, 2.45) is 0 Å². The maximum absolute atomic E-state index is 11.9. The molecule has 0 saturated heterocycles. The zero-order chi connectivity index (χ0) is 17.3. The number of hydrogen-bond donors (Lipinski definition) is 1. The van der Waals surface area contributed by atoms with E-state index in [1.807, 2.05) is 53.7 Å². The second-order valence-electron chi connectivity index (χ2n) is 7.60. The lowest BCUT2D eigenvalue weighted by molar-refractivity contribution is -0.152. The minimum absolute atomic E-state index is 0.255. The molecule has 0 saturated carbocycles. The van der Waals surface area contributed by atoms with Crippen LogP contribution < -0.4 is 0 Å². The van der Waals surface area contributed by atoms with E-state index in [9.17, 15) is 9.90 Å². The summed E-state index contributed by atoms with van der Waals surface area (Å²) in [5, 5.41) is 10.7. The Hall–Kier alpha value is -1.55. The van der Waals surface area contributed by atoms with Crippen LogP contribution in [0.4, 0.5) is 0 Å². The lowest BCUT2D eigenvalue weighted by Crippen LogP contribution is -2.21. The first-order valence-corrected chi connectivity index (χ1v) is 7.42. The smallest absolute Gasteiger partial charge is 0.339 e. The van der Waals surface area contributed by atoms with Crippen molar-refractivity contribution >= 4 is 5.97 Å². The van der Waals surface area contributed by atoms with Gasteiger partial charge in [0.1, 0.15) is 5.75 Å². The molecule has 0 radical (unpaired) electrons. The predicted octanol–water partition coefficient (Wildman–Crippen LogP) is 3.85. The van der Waals surface area contributed by atoms with E-state index in [-0.39, 0.29) is 16.6 Å². The van der Waals surface area contributed by atoms with Gasteiger partial charge in [-0.1, -0.05) is 41.5 Å². The third kappa shape index (κ3) is 3.80. The van der Waals surface area contributed by atoms with Crippen molar-refractivity contribution in [2.75, 3.05) is 14.2 Å². The van der Waals surface area contributed by atoms with Crippen molar-refractivity contribution in [1.29, 1.82) is 0 Å². The fraction of sp³-hybridized carbons (Fsp3) is 0.611. The van der Waals surface area contributed by atoms with Gasteiger partial charge < -0.3 is 14.6 Å². The van der Waals surface area contributed by atoms with Gasteiger partial charge in [0.15, 0.2) is 6.10 Å². The molecule has 1 unspecified atom stereocenters. The molecular weight excluding hydrogens is 280 g/mol. The molecule has 1 atom stereocenters. The van der Waals surface area contributed by atoms with Crippen molar-refractivity contribution in [3.63, 3.8) is 0 Å². The number of rotatable bonds is 3. The van der Waals surface area contributed by atoms with Gasteiger partial charge in [-0.3, -0.25) is 0 Å². The zero-order valence-corrected chi connectivity index (χ0v) is 14.9.